The van der Waals surface area contributed by atoms with Crippen LogP contribution in [0.1, 0.15) is 43.6 Å². The number of ketones is 1. The second-order valence-electron chi connectivity index (χ2n) is 10.9. The quantitative estimate of drug-likeness (QED) is 0.117. The maximum atomic E-state index is 12.6. The van der Waals surface area contributed by atoms with Gasteiger partial charge in [-0.15, -0.1) is 0 Å². The minimum Gasteiger partial charge on any atom is -0.493 e. The monoisotopic (exact) mass is 642 g/mol. The van der Waals surface area contributed by atoms with Crippen molar-refractivity contribution in [2.45, 2.75) is 39.4 Å². The molecule has 0 aliphatic heterocycles. The Bertz CT molecular complexity index is 1860. The van der Waals surface area contributed by atoms with E-state index in [9.17, 15) is 14.4 Å². The lowest BCUT2D eigenvalue weighted by Gasteiger charge is -2.25. The van der Waals surface area contributed by atoms with Crippen molar-refractivity contribution < 1.29 is 33.0 Å². The highest BCUT2D eigenvalue weighted by atomic mass is 35.5. The first-order valence-electron chi connectivity index (χ1n) is 14.5. The summed E-state index contributed by atoms with van der Waals surface area (Å²) in [6.45, 7) is 6.85. The first-order valence-corrected chi connectivity index (χ1v) is 14.9. The van der Waals surface area contributed by atoms with Gasteiger partial charge in [0.2, 0.25) is 11.2 Å². The van der Waals surface area contributed by atoms with Gasteiger partial charge in [0.05, 0.1) is 25.7 Å². The normalized spacial score (nSPS) is 11.0. The molecule has 1 heterocycles. The number of benzene rings is 4. The minimum atomic E-state index is -1.12. The van der Waals surface area contributed by atoms with Crippen molar-refractivity contribution in [1.82, 2.24) is 0 Å². The van der Waals surface area contributed by atoms with E-state index >= 15 is 0 Å². The third-order valence-corrected chi connectivity index (χ3v) is 6.98. The number of esters is 1. The number of methoxy groups -OCH3 is 2. The number of fused-ring (bicyclic) bond motifs is 1. The fourth-order valence-electron chi connectivity index (χ4n) is 4.43. The fourth-order valence-corrected chi connectivity index (χ4v) is 4.56. The SMILES string of the molecule is CC(C)OC(=O)C(C)(C)Oc1ccc(C(=O)c2ccc(Cl)cc2)cc1.COc1c(-c2ccccc2)oc2c(OC)cccc2c1=O. The van der Waals surface area contributed by atoms with Crippen molar-refractivity contribution in [3.8, 4) is 28.6 Å². The second-order valence-corrected chi connectivity index (χ2v) is 11.4. The van der Waals surface area contributed by atoms with Gasteiger partial charge in [0.25, 0.3) is 0 Å². The number of rotatable bonds is 9. The van der Waals surface area contributed by atoms with Gasteiger partial charge >= 0.3 is 5.97 Å². The molecule has 0 spiro atoms. The van der Waals surface area contributed by atoms with E-state index < -0.39 is 11.6 Å². The van der Waals surface area contributed by atoms with Crippen LogP contribution in [0.15, 0.2) is 106 Å². The van der Waals surface area contributed by atoms with Crippen LogP contribution in [-0.4, -0.2) is 37.7 Å². The van der Waals surface area contributed by atoms with Gasteiger partial charge in [-0.05, 0) is 88.4 Å². The molecule has 8 nitrogen and oxygen atoms in total. The average Bonchev–Trinajstić information content (AvgIpc) is 3.05. The average molecular weight is 643 g/mol. The molecular formula is C37H35ClO8. The third kappa shape index (κ3) is 7.95. The van der Waals surface area contributed by atoms with Crippen molar-refractivity contribution in [1.29, 1.82) is 0 Å². The van der Waals surface area contributed by atoms with E-state index in [4.69, 9.17) is 35.0 Å². The Kier molecular flexibility index (Phi) is 10.9. The summed E-state index contributed by atoms with van der Waals surface area (Å²) in [7, 11) is 3.01. The summed E-state index contributed by atoms with van der Waals surface area (Å²) in [4.78, 5) is 37.1. The topological polar surface area (TPSA) is 101 Å². The third-order valence-electron chi connectivity index (χ3n) is 6.73. The predicted molar refractivity (Wildman–Crippen MR) is 178 cm³/mol. The Morgan fingerprint density at radius 2 is 1.39 bits per heavy atom. The van der Waals surface area contributed by atoms with Gasteiger partial charge in [0.1, 0.15) is 5.75 Å². The van der Waals surface area contributed by atoms with E-state index in [1.165, 1.54) is 7.11 Å². The molecule has 0 N–H and O–H groups in total. The molecule has 0 aliphatic carbocycles. The molecule has 238 valence electrons. The first-order chi connectivity index (χ1) is 21.9. The number of hydrogen-bond acceptors (Lipinski definition) is 8. The Hall–Kier alpha value is -5.08. The first kappa shape index (κ1) is 33.8. The molecule has 0 amide bonds. The summed E-state index contributed by atoms with van der Waals surface area (Å²) in [5.41, 5.74) is 0.947. The number of carbonyl (C=O) groups excluding carboxylic acids is 2. The van der Waals surface area contributed by atoms with Crippen LogP contribution >= 0.6 is 11.6 Å². The predicted octanol–water partition coefficient (Wildman–Crippen LogP) is 8.16. The summed E-state index contributed by atoms with van der Waals surface area (Å²) < 4.78 is 27.4. The van der Waals surface area contributed by atoms with E-state index in [-0.39, 0.29) is 23.1 Å². The number of carbonyl (C=O) groups is 2. The molecule has 0 bridgehead atoms. The van der Waals surface area contributed by atoms with Crippen LogP contribution in [0.25, 0.3) is 22.3 Å². The van der Waals surface area contributed by atoms with Crippen molar-refractivity contribution in [2.75, 3.05) is 14.2 Å². The summed E-state index contributed by atoms with van der Waals surface area (Å²) >= 11 is 5.84. The highest BCUT2D eigenvalue weighted by molar-refractivity contribution is 6.30. The van der Waals surface area contributed by atoms with Gasteiger partial charge < -0.3 is 23.4 Å². The molecule has 1 aromatic heterocycles. The summed E-state index contributed by atoms with van der Waals surface area (Å²) in [5.74, 6) is 1.05. The van der Waals surface area contributed by atoms with E-state index in [2.05, 4.69) is 0 Å². The zero-order chi connectivity index (χ0) is 33.4. The van der Waals surface area contributed by atoms with Gasteiger partial charge in [0.15, 0.2) is 28.5 Å². The second kappa shape index (κ2) is 14.8. The van der Waals surface area contributed by atoms with Gasteiger partial charge in [-0.3, -0.25) is 9.59 Å². The van der Waals surface area contributed by atoms with Crippen molar-refractivity contribution >= 4 is 34.3 Å². The zero-order valence-corrected chi connectivity index (χ0v) is 27.2. The molecule has 9 heteroatoms. The molecule has 0 aliphatic rings. The maximum Gasteiger partial charge on any atom is 0.350 e. The molecule has 0 fully saturated rings. The standard InChI is InChI=1S/C20H21ClO4.C17H14O4/c1-13(2)24-19(23)20(3,4)25-17-11-7-15(8-12-17)18(22)14-5-9-16(21)10-6-14;1-19-13-10-6-9-12-14(18)17(20-2)15(21-16(12)13)11-7-4-3-5-8-11/h5-13H,1-4H3;3-10H,1-2H3. The molecule has 0 saturated heterocycles. The zero-order valence-electron chi connectivity index (χ0n) is 26.5. The Balaban J connectivity index is 0.000000211. The lowest BCUT2D eigenvalue weighted by atomic mass is 10.0. The molecule has 0 radical (unpaired) electrons. The van der Waals surface area contributed by atoms with E-state index in [1.54, 1.807) is 102 Å². The number of para-hydroxylation sites is 1. The Labute approximate surface area is 272 Å². The van der Waals surface area contributed by atoms with Crippen LogP contribution < -0.4 is 19.6 Å². The Morgan fingerprint density at radius 3 is 1.96 bits per heavy atom. The van der Waals surface area contributed by atoms with Gasteiger partial charge in [0, 0.05) is 21.7 Å². The van der Waals surface area contributed by atoms with E-state index in [0.717, 1.165) is 5.56 Å². The van der Waals surface area contributed by atoms with Crippen LogP contribution in [-0.2, 0) is 9.53 Å². The molecule has 0 atom stereocenters. The maximum absolute atomic E-state index is 12.6. The van der Waals surface area contributed by atoms with Gasteiger partial charge in [-0.2, -0.15) is 0 Å². The molecule has 5 aromatic rings. The Morgan fingerprint density at radius 1 is 0.783 bits per heavy atom. The van der Waals surface area contributed by atoms with Crippen molar-refractivity contribution in [3.05, 3.63) is 123 Å². The lowest BCUT2D eigenvalue weighted by molar-refractivity contribution is -0.163. The molecule has 0 saturated carbocycles. The molecular weight excluding hydrogens is 608 g/mol. The smallest absolute Gasteiger partial charge is 0.350 e. The summed E-state index contributed by atoms with van der Waals surface area (Å²) in [6, 6.07) is 27.9. The van der Waals surface area contributed by atoms with E-state index in [1.807, 2.05) is 30.3 Å². The van der Waals surface area contributed by atoms with Crippen molar-refractivity contribution in [2.24, 2.45) is 0 Å². The molecule has 5 rings (SSSR count). The number of ether oxygens (including phenoxy) is 4. The number of halogens is 1. The van der Waals surface area contributed by atoms with Crippen LogP contribution in [0, 0.1) is 0 Å². The lowest BCUT2D eigenvalue weighted by Crippen LogP contribution is -2.40. The fraction of sp³-hybridized carbons (Fsp3) is 0.216. The van der Waals surface area contributed by atoms with Crippen molar-refractivity contribution in [3.63, 3.8) is 0 Å². The summed E-state index contributed by atoms with van der Waals surface area (Å²) in [6.07, 6.45) is -0.213. The van der Waals surface area contributed by atoms with Crippen LogP contribution in [0.2, 0.25) is 5.02 Å². The molecule has 46 heavy (non-hydrogen) atoms. The van der Waals surface area contributed by atoms with Gasteiger partial charge in [-0.1, -0.05) is 48.0 Å². The molecule has 4 aromatic carbocycles. The largest absolute Gasteiger partial charge is 0.493 e. The highest BCUT2D eigenvalue weighted by Gasteiger charge is 2.32. The van der Waals surface area contributed by atoms with Crippen LogP contribution in [0.3, 0.4) is 0 Å². The highest BCUT2D eigenvalue weighted by Crippen LogP contribution is 2.34. The summed E-state index contributed by atoms with van der Waals surface area (Å²) in [5, 5.41) is 1.02. The molecule has 0 unspecified atom stereocenters. The minimum absolute atomic E-state index is 0.110. The van der Waals surface area contributed by atoms with Crippen LogP contribution in [0.4, 0.5) is 0 Å². The number of hydrogen-bond donors (Lipinski definition) is 0. The van der Waals surface area contributed by atoms with E-state index in [0.29, 0.717) is 44.4 Å². The van der Waals surface area contributed by atoms with Crippen LogP contribution in [0.5, 0.6) is 17.2 Å². The van der Waals surface area contributed by atoms with Gasteiger partial charge in [-0.25, -0.2) is 4.79 Å².